The molecule has 20 heavy (non-hydrogen) atoms. The number of carbonyl (C=O) groups excluding carboxylic acids is 1. The highest BCUT2D eigenvalue weighted by Crippen LogP contribution is 2.44. The summed E-state index contributed by atoms with van der Waals surface area (Å²) < 4.78 is 10.6. The molecule has 0 aromatic heterocycles. The van der Waals surface area contributed by atoms with Crippen LogP contribution in [0.2, 0.25) is 0 Å². The molecule has 0 radical (unpaired) electrons. The lowest BCUT2D eigenvalue weighted by Gasteiger charge is -2.28. The van der Waals surface area contributed by atoms with Crippen molar-refractivity contribution < 1.29 is 14.3 Å². The molecule has 3 nitrogen and oxygen atoms in total. The maximum Gasteiger partial charge on any atom is 0.330 e. The summed E-state index contributed by atoms with van der Waals surface area (Å²) in [7, 11) is 0. The van der Waals surface area contributed by atoms with E-state index in [1.807, 2.05) is 0 Å². The van der Waals surface area contributed by atoms with E-state index in [4.69, 9.17) is 9.47 Å². The van der Waals surface area contributed by atoms with Crippen LogP contribution in [0.3, 0.4) is 0 Å². The lowest BCUT2D eigenvalue weighted by molar-refractivity contribution is -0.139. The van der Waals surface area contributed by atoms with Crippen molar-refractivity contribution in [1.29, 1.82) is 0 Å². The van der Waals surface area contributed by atoms with Gasteiger partial charge in [-0.05, 0) is 42.9 Å². The summed E-state index contributed by atoms with van der Waals surface area (Å²) in [6, 6.07) is 0. The second kappa shape index (κ2) is 7.63. The van der Waals surface area contributed by atoms with Crippen molar-refractivity contribution >= 4 is 5.97 Å². The van der Waals surface area contributed by atoms with Gasteiger partial charge < -0.3 is 9.47 Å². The molecule has 1 fully saturated rings. The Kier molecular flexibility index (Phi) is 5.84. The lowest BCUT2D eigenvalue weighted by Crippen LogP contribution is -2.25. The number of allylic oxidation sites excluding steroid dienone is 2. The van der Waals surface area contributed by atoms with Gasteiger partial charge in [0.15, 0.2) is 0 Å². The van der Waals surface area contributed by atoms with Crippen LogP contribution in [0.5, 0.6) is 0 Å². The topological polar surface area (TPSA) is 35.5 Å². The van der Waals surface area contributed by atoms with Crippen molar-refractivity contribution in [2.24, 2.45) is 23.7 Å². The van der Waals surface area contributed by atoms with Crippen molar-refractivity contribution in [2.45, 2.75) is 32.6 Å². The van der Waals surface area contributed by atoms with Gasteiger partial charge in [0.1, 0.15) is 6.61 Å². The Labute approximate surface area is 122 Å². The number of esters is 1. The van der Waals surface area contributed by atoms with E-state index in [1.165, 1.54) is 31.8 Å². The van der Waals surface area contributed by atoms with E-state index in [0.717, 1.165) is 18.4 Å². The molecule has 0 aromatic carbocycles. The molecule has 2 aliphatic carbocycles. The Hall–Kier alpha value is -1.09. The first-order valence-electron chi connectivity index (χ1n) is 7.76. The Morgan fingerprint density at radius 1 is 1.35 bits per heavy atom. The van der Waals surface area contributed by atoms with Crippen LogP contribution in [0.15, 0.2) is 24.8 Å². The SMILES string of the molecule is C=CC(=O)OCCOCC1CCCC1C1CC=CC1C. The largest absolute Gasteiger partial charge is 0.460 e. The smallest absolute Gasteiger partial charge is 0.330 e. The molecule has 0 aromatic rings. The third-order valence-electron chi connectivity index (χ3n) is 4.76. The summed E-state index contributed by atoms with van der Waals surface area (Å²) >= 11 is 0. The molecule has 4 atom stereocenters. The zero-order chi connectivity index (χ0) is 14.4. The summed E-state index contributed by atoms with van der Waals surface area (Å²) in [5.74, 6) is 2.63. The fourth-order valence-electron chi connectivity index (χ4n) is 3.70. The maximum absolute atomic E-state index is 10.9. The van der Waals surface area contributed by atoms with E-state index in [-0.39, 0.29) is 5.97 Å². The third kappa shape index (κ3) is 3.95. The zero-order valence-corrected chi connectivity index (χ0v) is 12.4. The van der Waals surface area contributed by atoms with Gasteiger partial charge in [-0.15, -0.1) is 0 Å². The Morgan fingerprint density at radius 3 is 2.90 bits per heavy atom. The third-order valence-corrected chi connectivity index (χ3v) is 4.76. The van der Waals surface area contributed by atoms with Crippen molar-refractivity contribution in [3.8, 4) is 0 Å². The van der Waals surface area contributed by atoms with Gasteiger partial charge >= 0.3 is 5.97 Å². The number of ether oxygens (including phenoxy) is 2. The number of rotatable bonds is 7. The molecule has 0 spiro atoms. The minimum Gasteiger partial charge on any atom is -0.460 e. The molecular weight excluding hydrogens is 252 g/mol. The van der Waals surface area contributed by atoms with Crippen molar-refractivity contribution in [2.75, 3.05) is 19.8 Å². The summed E-state index contributed by atoms with van der Waals surface area (Å²) in [5.41, 5.74) is 0. The average molecular weight is 278 g/mol. The minimum absolute atomic E-state index is 0.323. The van der Waals surface area contributed by atoms with Crippen molar-refractivity contribution in [1.82, 2.24) is 0 Å². The van der Waals surface area contributed by atoms with Crippen LogP contribution in [-0.4, -0.2) is 25.8 Å². The summed E-state index contributed by atoms with van der Waals surface area (Å²) in [6.45, 7) is 7.31. The first kappa shape index (κ1) is 15.3. The summed E-state index contributed by atoms with van der Waals surface area (Å²) in [5, 5.41) is 0. The fourth-order valence-corrected chi connectivity index (χ4v) is 3.70. The Morgan fingerprint density at radius 2 is 2.20 bits per heavy atom. The van der Waals surface area contributed by atoms with Gasteiger partial charge in [0, 0.05) is 12.7 Å². The molecule has 2 aliphatic rings. The van der Waals surface area contributed by atoms with E-state index < -0.39 is 0 Å². The van der Waals surface area contributed by atoms with Gasteiger partial charge in [0.2, 0.25) is 0 Å². The van der Waals surface area contributed by atoms with Crippen molar-refractivity contribution in [3.63, 3.8) is 0 Å². The quantitative estimate of drug-likeness (QED) is 0.310. The molecule has 0 saturated heterocycles. The molecule has 0 amide bonds. The molecular formula is C17H26O3. The Bertz CT molecular complexity index is 361. The van der Waals surface area contributed by atoms with Gasteiger partial charge in [-0.1, -0.05) is 32.1 Å². The summed E-state index contributed by atoms with van der Waals surface area (Å²) in [4.78, 5) is 10.9. The molecule has 2 rings (SSSR count). The minimum atomic E-state index is -0.377. The van der Waals surface area contributed by atoms with Gasteiger partial charge in [0.05, 0.1) is 6.61 Å². The summed E-state index contributed by atoms with van der Waals surface area (Å²) in [6.07, 6.45) is 11.1. The first-order chi connectivity index (χ1) is 9.72. The van der Waals surface area contributed by atoms with E-state index in [0.29, 0.717) is 25.0 Å². The maximum atomic E-state index is 10.9. The predicted octanol–water partition coefficient (Wildman–Crippen LogP) is 3.36. The molecule has 0 aliphatic heterocycles. The normalized spacial score (nSPS) is 32.5. The Balaban J connectivity index is 1.67. The number of carbonyl (C=O) groups is 1. The van der Waals surface area contributed by atoms with Gasteiger partial charge in [-0.2, -0.15) is 0 Å². The number of hydrogen-bond donors (Lipinski definition) is 0. The highest BCUT2D eigenvalue weighted by atomic mass is 16.6. The molecule has 3 heteroatoms. The van der Waals surface area contributed by atoms with Crippen LogP contribution >= 0.6 is 0 Å². The van der Waals surface area contributed by atoms with Crippen LogP contribution in [0.4, 0.5) is 0 Å². The lowest BCUT2D eigenvalue weighted by atomic mass is 9.78. The second-order valence-electron chi connectivity index (χ2n) is 5.99. The van der Waals surface area contributed by atoms with Gasteiger partial charge in [0.25, 0.3) is 0 Å². The average Bonchev–Trinajstić information content (AvgIpc) is 3.06. The van der Waals surface area contributed by atoms with Crippen molar-refractivity contribution in [3.05, 3.63) is 24.8 Å². The predicted molar refractivity (Wildman–Crippen MR) is 79.2 cm³/mol. The molecule has 0 heterocycles. The molecule has 0 N–H and O–H groups in total. The first-order valence-corrected chi connectivity index (χ1v) is 7.76. The molecule has 112 valence electrons. The highest BCUT2D eigenvalue weighted by Gasteiger charge is 2.36. The van der Waals surface area contributed by atoms with E-state index in [2.05, 4.69) is 25.7 Å². The van der Waals surface area contributed by atoms with Crippen LogP contribution < -0.4 is 0 Å². The van der Waals surface area contributed by atoms with E-state index in [1.54, 1.807) is 0 Å². The highest BCUT2D eigenvalue weighted by molar-refractivity contribution is 5.81. The van der Waals surface area contributed by atoms with Gasteiger partial charge in [-0.25, -0.2) is 4.79 Å². The standard InChI is InChI=1S/C17H26O3/c1-3-17(18)20-11-10-19-12-14-7-5-9-16(14)15-8-4-6-13(15)2/h3-4,6,13-16H,1,5,7-12H2,2H3. The van der Waals surface area contributed by atoms with Crippen LogP contribution in [0.1, 0.15) is 32.6 Å². The van der Waals surface area contributed by atoms with Crippen LogP contribution in [0, 0.1) is 23.7 Å². The van der Waals surface area contributed by atoms with Crippen LogP contribution in [0.25, 0.3) is 0 Å². The number of hydrogen-bond acceptors (Lipinski definition) is 3. The monoisotopic (exact) mass is 278 g/mol. The fraction of sp³-hybridized carbons (Fsp3) is 0.706. The van der Waals surface area contributed by atoms with E-state index >= 15 is 0 Å². The molecule has 1 saturated carbocycles. The van der Waals surface area contributed by atoms with Gasteiger partial charge in [-0.3, -0.25) is 0 Å². The van der Waals surface area contributed by atoms with Crippen LogP contribution in [-0.2, 0) is 14.3 Å². The molecule has 0 bridgehead atoms. The zero-order valence-electron chi connectivity index (χ0n) is 12.4. The second-order valence-corrected chi connectivity index (χ2v) is 5.99. The molecule has 4 unspecified atom stereocenters. The van der Waals surface area contributed by atoms with E-state index in [9.17, 15) is 4.79 Å².